The number of methoxy groups -OCH3 is 1. The third kappa shape index (κ3) is 5.99. The molecule has 30 heavy (non-hydrogen) atoms. The first kappa shape index (κ1) is 22.6. The van der Waals surface area contributed by atoms with E-state index in [1.54, 1.807) is 19.3 Å². The number of carbonyl (C=O) groups is 1. The van der Waals surface area contributed by atoms with E-state index in [-0.39, 0.29) is 17.5 Å². The Kier molecular flexibility index (Phi) is 8.16. The molecular weight excluding hydrogens is 559 g/mol. The SMILES string of the molecule is COc1cc(/C=C(/C#N)C(=O)NC2CCCC2)cc(I)c1OCc1ccc(Br)cc1. The molecule has 0 radical (unpaired) electrons. The summed E-state index contributed by atoms with van der Waals surface area (Å²) in [6.07, 6.45) is 5.77. The Morgan fingerprint density at radius 3 is 2.63 bits per heavy atom. The van der Waals surface area contributed by atoms with Crippen LogP contribution in [0.4, 0.5) is 0 Å². The summed E-state index contributed by atoms with van der Waals surface area (Å²) < 4.78 is 13.4. The topological polar surface area (TPSA) is 71.3 Å². The van der Waals surface area contributed by atoms with Crippen LogP contribution in [0.1, 0.15) is 36.8 Å². The van der Waals surface area contributed by atoms with Gasteiger partial charge in [-0.05, 0) is 76.9 Å². The van der Waals surface area contributed by atoms with Gasteiger partial charge in [0.25, 0.3) is 5.91 Å². The maximum absolute atomic E-state index is 12.5. The van der Waals surface area contributed by atoms with Gasteiger partial charge >= 0.3 is 0 Å². The van der Waals surface area contributed by atoms with Crippen LogP contribution in [0.5, 0.6) is 11.5 Å². The number of rotatable bonds is 7. The van der Waals surface area contributed by atoms with Crippen molar-refractivity contribution in [2.75, 3.05) is 7.11 Å². The average Bonchev–Trinajstić information content (AvgIpc) is 3.25. The van der Waals surface area contributed by atoms with Crippen molar-refractivity contribution in [3.8, 4) is 17.6 Å². The maximum atomic E-state index is 12.5. The first-order chi connectivity index (χ1) is 14.5. The molecule has 3 rings (SSSR count). The molecule has 1 aliphatic rings. The highest BCUT2D eigenvalue weighted by Gasteiger charge is 2.20. The van der Waals surface area contributed by atoms with Crippen LogP contribution in [0.25, 0.3) is 6.08 Å². The lowest BCUT2D eigenvalue weighted by atomic mass is 10.1. The van der Waals surface area contributed by atoms with Gasteiger partial charge in [0.15, 0.2) is 11.5 Å². The van der Waals surface area contributed by atoms with Crippen LogP contribution in [-0.2, 0) is 11.4 Å². The lowest BCUT2D eigenvalue weighted by Crippen LogP contribution is -2.33. The molecule has 0 aliphatic heterocycles. The predicted molar refractivity (Wildman–Crippen MR) is 128 cm³/mol. The number of hydrogen-bond acceptors (Lipinski definition) is 4. The number of hydrogen-bond donors (Lipinski definition) is 1. The molecule has 7 heteroatoms. The molecule has 0 spiro atoms. The van der Waals surface area contributed by atoms with Crippen molar-refractivity contribution >= 4 is 50.5 Å². The second kappa shape index (κ2) is 10.8. The number of amides is 1. The molecule has 0 unspecified atom stereocenters. The molecule has 5 nitrogen and oxygen atoms in total. The minimum atomic E-state index is -0.325. The lowest BCUT2D eigenvalue weighted by Gasteiger charge is -2.14. The van der Waals surface area contributed by atoms with E-state index in [0.717, 1.165) is 39.3 Å². The number of nitriles is 1. The van der Waals surface area contributed by atoms with Crippen LogP contribution in [0.15, 0.2) is 46.4 Å². The minimum absolute atomic E-state index is 0.0864. The van der Waals surface area contributed by atoms with Crippen LogP contribution in [0.3, 0.4) is 0 Å². The van der Waals surface area contributed by atoms with Crippen molar-refractivity contribution in [1.29, 1.82) is 5.26 Å². The zero-order valence-corrected chi connectivity index (χ0v) is 20.3. The first-order valence-electron chi connectivity index (χ1n) is 9.67. The zero-order chi connectivity index (χ0) is 21.5. The molecular formula is C23H22BrIN2O3. The monoisotopic (exact) mass is 580 g/mol. The molecule has 0 bridgehead atoms. The molecule has 1 aliphatic carbocycles. The third-order valence-corrected chi connectivity index (χ3v) is 6.24. The molecule has 1 amide bonds. The van der Waals surface area contributed by atoms with Crippen LogP contribution in [0.2, 0.25) is 0 Å². The lowest BCUT2D eigenvalue weighted by molar-refractivity contribution is -0.117. The second-order valence-electron chi connectivity index (χ2n) is 7.07. The summed E-state index contributed by atoms with van der Waals surface area (Å²) in [5.41, 5.74) is 1.84. The predicted octanol–water partition coefficient (Wildman–Crippen LogP) is 5.61. The van der Waals surface area contributed by atoms with Crippen LogP contribution >= 0.6 is 38.5 Å². The van der Waals surface area contributed by atoms with Gasteiger partial charge in [-0.3, -0.25) is 4.79 Å². The van der Waals surface area contributed by atoms with E-state index >= 15 is 0 Å². The van der Waals surface area contributed by atoms with E-state index < -0.39 is 0 Å². The van der Waals surface area contributed by atoms with Crippen molar-refractivity contribution in [2.24, 2.45) is 0 Å². The minimum Gasteiger partial charge on any atom is -0.493 e. The fourth-order valence-electron chi connectivity index (χ4n) is 3.35. The van der Waals surface area contributed by atoms with Gasteiger partial charge < -0.3 is 14.8 Å². The summed E-state index contributed by atoms with van der Waals surface area (Å²) in [5.74, 6) is 0.861. The molecule has 1 fully saturated rings. The van der Waals surface area contributed by atoms with Gasteiger partial charge in [-0.15, -0.1) is 0 Å². The van der Waals surface area contributed by atoms with Gasteiger partial charge in [0.1, 0.15) is 18.2 Å². The molecule has 0 aromatic heterocycles. The Hall–Kier alpha value is -2.05. The molecule has 1 saturated carbocycles. The van der Waals surface area contributed by atoms with E-state index in [4.69, 9.17) is 9.47 Å². The average molecular weight is 581 g/mol. The number of halogens is 2. The van der Waals surface area contributed by atoms with Gasteiger partial charge in [-0.25, -0.2) is 0 Å². The van der Waals surface area contributed by atoms with Gasteiger partial charge in [-0.2, -0.15) is 5.26 Å². The quantitative estimate of drug-likeness (QED) is 0.263. The Balaban J connectivity index is 1.77. The zero-order valence-electron chi connectivity index (χ0n) is 16.6. The maximum Gasteiger partial charge on any atom is 0.262 e. The van der Waals surface area contributed by atoms with E-state index in [0.29, 0.717) is 23.7 Å². The van der Waals surface area contributed by atoms with Crippen LogP contribution < -0.4 is 14.8 Å². The Labute approximate surface area is 198 Å². The standard InChI is InChI=1S/C23H22BrIN2O3/c1-29-21-12-16(10-17(13-26)23(28)27-19-4-2-3-5-19)11-20(25)22(21)30-14-15-6-8-18(24)9-7-15/h6-12,19H,2-5,14H2,1H3,(H,27,28)/b17-10-. The molecule has 0 saturated heterocycles. The van der Waals surface area contributed by atoms with Crippen molar-refractivity contribution < 1.29 is 14.3 Å². The highest BCUT2D eigenvalue weighted by molar-refractivity contribution is 14.1. The van der Waals surface area contributed by atoms with Gasteiger partial charge in [-0.1, -0.05) is 40.9 Å². The summed E-state index contributed by atoms with van der Waals surface area (Å²) in [6.45, 7) is 0.405. The fraction of sp³-hybridized carbons (Fsp3) is 0.304. The molecule has 1 N–H and O–H groups in total. The molecule has 0 atom stereocenters. The number of carbonyl (C=O) groups excluding carboxylic acids is 1. The van der Waals surface area contributed by atoms with Gasteiger partial charge in [0, 0.05) is 10.5 Å². The summed E-state index contributed by atoms with van der Waals surface area (Å²) in [7, 11) is 1.57. The molecule has 2 aromatic rings. The van der Waals surface area contributed by atoms with Crippen molar-refractivity contribution in [1.82, 2.24) is 5.32 Å². The third-order valence-electron chi connectivity index (χ3n) is 4.91. The number of nitrogens with one attached hydrogen (secondary N) is 1. The van der Waals surface area contributed by atoms with E-state index in [1.165, 1.54) is 0 Å². The molecule has 2 aromatic carbocycles. The van der Waals surface area contributed by atoms with Crippen molar-refractivity contribution in [3.63, 3.8) is 0 Å². The largest absolute Gasteiger partial charge is 0.493 e. The summed E-state index contributed by atoms with van der Waals surface area (Å²) in [4.78, 5) is 12.5. The van der Waals surface area contributed by atoms with Crippen LogP contribution in [-0.4, -0.2) is 19.1 Å². The number of nitrogens with zero attached hydrogens (tertiary/aromatic N) is 1. The number of benzene rings is 2. The summed E-state index contributed by atoms with van der Waals surface area (Å²) in [6, 6.07) is 13.7. The molecule has 0 heterocycles. The first-order valence-corrected chi connectivity index (χ1v) is 11.5. The van der Waals surface area contributed by atoms with Crippen LogP contribution in [0, 0.1) is 14.9 Å². The van der Waals surface area contributed by atoms with Gasteiger partial charge in [0.2, 0.25) is 0 Å². The fourth-order valence-corrected chi connectivity index (χ4v) is 4.39. The smallest absolute Gasteiger partial charge is 0.262 e. The summed E-state index contributed by atoms with van der Waals surface area (Å²) >= 11 is 5.60. The Morgan fingerprint density at radius 2 is 2.00 bits per heavy atom. The second-order valence-corrected chi connectivity index (χ2v) is 9.15. The van der Waals surface area contributed by atoms with Crippen molar-refractivity contribution in [2.45, 2.75) is 38.3 Å². The van der Waals surface area contributed by atoms with Gasteiger partial charge in [0.05, 0.1) is 10.7 Å². The van der Waals surface area contributed by atoms with Crippen molar-refractivity contribution in [3.05, 3.63) is 61.1 Å². The Morgan fingerprint density at radius 1 is 1.30 bits per heavy atom. The summed E-state index contributed by atoms with van der Waals surface area (Å²) in [5, 5.41) is 12.4. The van der Waals surface area contributed by atoms with E-state index in [1.807, 2.05) is 36.4 Å². The normalized spacial score (nSPS) is 14.3. The Bertz CT molecular complexity index is 977. The number of ether oxygens (including phenoxy) is 2. The van der Waals surface area contributed by atoms with E-state index in [9.17, 15) is 10.1 Å². The van der Waals surface area contributed by atoms with E-state index in [2.05, 4.69) is 43.8 Å². The highest BCUT2D eigenvalue weighted by atomic mass is 127. The highest BCUT2D eigenvalue weighted by Crippen LogP contribution is 2.35. The molecule has 156 valence electrons.